The molecule has 6 heteroatoms. The van der Waals surface area contributed by atoms with Crippen LogP contribution in [0.2, 0.25) is 0 Å². The van der Waals surface area contributed by atoms with E-state index in [-0.39, 0.29) is 24.3 Å². The molecule has 1 aliphatic rings. The molecule has 5 nitrogen and oxygen atoms in total. The Morgan fingerprint density at radius 3 is 2.67 bits per heavy atom. The number of carbonyl (C=O) groups excluding carboxylic acids is 2. The van der Waals surface area contributed by atoms with Crippen LogP contribution in [0.3, 0.4) is 0 Å². The molecule has 0 aliphatic heterocycles. The predicted molar refractivity (Wildman–Crippen MR) is 93.8 cm³/mol. The first-order valence-corrected chi connectivity index (χ1v) is 9.07. The zero-order valence-corrected chi connectivity index (χ0v) is 15.1. The molecule has 0 radical (unpaired) electrons. The normalized spacial score (nSPS) is 16.0. The highest BCUT2D eigenvalue weighted by molar-refractivity contribution is 7.16. The number of ether oxygens (including phenoxy) is 1. The van der Waals surface area contributed by atoms with Gasteiger partial charge in [0.1, 0.15) is 6.54 Å². The Kier molecular flexibility index (Phi) is 4.85. The summed E-state index contributed by atoms with van der Waals surface area (Å²) in [6.45, 7) is 4.13. The van der Waals surface area contributed by atoms with Crippen molar-refractivity contribution in [2.75, 3.05) is 7.11 Å². The lowest BCUT2D eigenvalue weighted by molar-refractivity contribution is -0.141. The minimum atomic E-state index is -0.344. The van der Waals surface area contributed by atoms with Crippen LogP contribution >= 0.6 is 11.3 Å². The monoisotopic (exact) mass is 346 g/mol. The second kappa shape index (κ2) is 6.89. The van der Waals surface area contributed by atoms with Crippen molar-refractivity contribution in [3.05, 3.63) is 28.1 Å². The largest absolute Gasteiger partial charge is 0.468 e. The molecule has 1 saturated carbocycles. The molecule has 1 heterocycles. The van der Waals surface area contributed by atoms with Crippen molar-refractivity contribution in [2.45, 2.75) is 46.1 Å². The van der Waals surface area contributed by atoms with Gasteiger partial charge in [-0.15, -0.1) is 0 Å². The number of aryl methyl sites for hydroxylation is 2. The van der Waals surface area contributed by atoms with Crippen LogP contribution in [0.1, 0.15) is 36.8 Å². The van der Waals surface area contributed by atoms with Crippen molar-refractivity contribution in [3.8, 4) is 0 Å². The van der Waals surface area contributed by atoms with E-state index in [1.165, 1.54) is 18.4 Å². The molecular formula is C18H22N2O3S. The van der Waals surface area contributed by atoms with E-state index in [0.29, 0.717) is 4.80 Å². The average molecular weight is 346 g/mol. The van der Waals surface area contributed by atoms with Gasteiger partial charge in [-0.05, 0) is 43.9 Å². The third-order valence-corrected chi connectivity index (χ3v) is 5.77. The molecule has 1 aromatic heterocycles. The van der Waals surface area contributed by atoms with Gasteiger partial charge in [-0.1, -0.05) is 30.2 Å². The third-order valence-electron chi connectivity index (χ3n) is 4.54. The molecule has 0 saturated heterocycles. The van der Waals surface area contributed by atoms with Gasteiger partial charge in [0.25, 0.3) is 5.91 Å². The van der Waals surface area contributed by atoms with Crippen molar-refractivity contribution in [3.63, 3.8) is 0 Å². The Bertz CT molecular complexity index is 857. The minimum Gasteiger partial charge on any atom is -0.468 e. The lowest BCUT2D eigenvalue weighted by Crippen LogP contribution is -2.23. The van der Waals surface area contributed by atoms with Crippen LogP contribution in [0, 0.1) is 19.8 Å². The van der Waals surface area contributed by atoms with Gasteiger partial charge < -0.3 is 9.30 Å². The number of hydrogen-bond acceptors (Lipinski definition) is 4. The maximum atomic E-state index is 12.5. The van der Waals surface area contributed by atoms with E-state index < -0.39 is 0 Å². The van der Waals surface area contributed by atoms with E-state index in [1.807, 2.05) is 19.9 Å². The number of hydrogen-bond donors (Lipinski definition) is 0. The van der Waals surface area contributed by atoms with Crippen LogP contribution in [0.25, 0.3) is 10.2 Å². The van der Waals surface area contributed by atoms with Crippen LogP contribution in [0.15, 0.2) is 17.1 Å². The number of nitrogens with zero attached hydrogens (tertiary/aromatic N) is 2. The summed E-state index contributed by atoms with van der Waals surface area (Å²) in [4.78, 5) is 29.2. The first-order chi connectivity index (χ1) is 11.5. The summed E-state index contributed by atoms with van der Waals surface area (Å²) >= 11 is 1.47. The molecule has 0 atom stereocenters. The number of fused-ring (bicyclic) bond motifs is 1. The Morgan fingerprint density at radius 2 is 2.00 bits per heavy atom. The van der Waals surface area contributed by atoms with Crippen molar-refractivity contribution < 1.29 is 14.3 Å². The molecule has 2 aromatic rings. The quantitative estimate of drug-likeness (QED) is 0.802. The second-order valence-electron chi connectivity index (χ2n) is 6.41. The van der Waals surface area contributed by atoms with Crippen molar-refractivity contribution >= 4 is 33.4 Å². The van der Waals surface area contributed by atoms with Crippen LogP contribution in [-0.2, 0) is 20.9 Å². The number of carbonyl (C=O) groups is 2. The van der Waals surface area contributed by atoms with Gasteiger partial charge in [0.2, 0.25) is 0 Å². The van der Waals surface area contributed by atoms with E-state index in [9.17, 15) is 9.59 Å². The van der Waals surface area contributed by atoms with Crippen molar-refractivity contribution in [2.24, 2.45) is 10.9 Å². The van der Waals surface area contributed by atoms with E-state index in [2.05, 4.69) is 11.1 Å². The van der Waals surface area contributed by atoms with E-state index in [4.69, 9.17) is 4.74 Å². The Morgan fingerprint density at radius 1 is 1.29 bits per heavy atom. The van der Waals surface area contributed by atoms with Gasteiger partial charge in [-0.25, -0.2) is 0 Å². The van der Waals surface area contributed by atoms with Crippen LogP contribution in [-0.4, -0.2) is 23.6 Å². The highest BCUT2D eigenvalue weighted by Crippen LogP contribution is 2.26. The summed E-state index contributed by atoms with van der Waals surface area (Å²) in [5.41, 5.74) is 3.18. The summed E-state index contributed by atoms with van der Waals surface area (Å²) < 4.78 is 7.67. The molecule has 0 spiro atoms. The number of rotatable bonds is 3. The van der Waals surface area contributed by atoms with Gasteiger partial charge >= 0.3 is 5.97 Å². The first kappa shape index (κ1) is 16.9. The Hall–Kier alpha value is -1.95. The number of amides is 1. The number of methoxy groups -OCH3 is 1. The molecule has 1 aromatic carbocycles. The van der Waals surface area contributed by atoms with Crippen LogP contribution in [0.5, 0.6) is 0 Å². The standard InChI is InChI=1S/C18H22N2O3S/c1-11-8-12(2)16-14(9-11)20(10-15(21)23-3)18(24-16)19-17(22)13-6-4-5-7-13/h8-9,13H,4-7,10H2,1-3H3. The molecule has 1 fully saturated rings. The SMILES string of the molecule is COC(=O)Cn1c(=NC(=O)C2CCCC2)sc2c(C)cc(C)cc21. The lowest BCUT2D eigenvalue weighted by atomic mass is 10.1. The molecule has 3 rings (SSSR count). The van der Waals surface area contributed by atoms with Gasteiger partial charge in [-0.2, -0.15) is 4.99 Å². The molecule has 0 bridgehead atoms. The number of aromatic nitrogens is 1. The third kappa shape index (κ3) is 3.29. The summed E-state index contributed by atoms with van der Waals surface area (Å²) in [5, 5.41) is 0. The Labute approximate surface area is 145 Å². The van der Waals surface area contributed by atoms with Gasteiger partial charge in [0, 0.05) is 5.92 Å². The Balaban J connectivity index is 2.14. The van der Waals surface area contributed by atoms with Crippen molar-refractivity contribution in [1.29, 1.82) is 0 Å². The maximum Gasteiger partial charge on any atom is 0.325 e. The summed E-state index contributed by atoms with van der Waals surface area (Å²) in [7, 11) is 1.37. The number of esters is 1. The smallest absolute Gasteiger partial charge is 0.325 e. The van der Waals surface area contributed by atoms with E-state index in [1.54, 1.807) is 4.57 Å². The van der Waals surface area contributed by atoms with Gasteiger partial charge in [-0.3, -0.25) is 9.59 Å². The second-order valence-corrected chi connectivity index (χ2v) is 7.39. The number of thiazole rings is 1. The van der Waals surface area contributed by atoms with E-state index in [0.717, 1.165) is 47.0 Å². The molecular weight excluding hydrogens is 324 g/mol. The fourth-order valence-corrected chi connectivity index (χ4v) is 4.39. The van der Waals surface area contributed by atoms with E-state index >= 15 is 0 Å². The molecule has 0 N–H and O–H groups in total. The van der Waals surface area contributed by atoms with Crippen molar-refractivity contribution in [1.82, 2.24) is 4.57 Å². The fraction of sp³-hybridized carbons (Fsp3) is 0.500. The van der Waals surface area contributed by atoms with Crippen LogP contribution < -0.4 is 4.80 Å². The zero-order chi connectivity index (χ0) is 17.3. The maximum absolute atomic E-state index is 12.5. The minimum absolute atomic E-state index is 0.0321. The highest BCUT2D eigenvalue weighted by atomic mass is 32.1. The first-order valence-electron chi connectivity index (χ1n) is 8.25. The zero-order valence-electron chi connectivity index (χ0n) is 14.3. The molecule has 128 valence electrons. The summed E-state index contributed by atoms with van der Waals surface area (Å²) in [6, 6.07) is 4.13. The summed E-state index contributed by atoms with van der Waals surface area (Å²) in [6.07, 6.45) is 4.03. The molecule has 1 amide bonds. The summed E-state index contributed by atoms with van der Waals surface area (Å²) in [5.74, 6) is -0.375. The van der Waals surface area contributed by atoms with Gasteiger partial charge in [0.15, 0.2) is 4.80 Å². The fourth-order valence-electron chi connectivity index (χ4n) is 3.30. The van der Waals surface area contributed by atoms with Crippen LogP contribution in [0.4, 0.5) is 0 Å². The highest BCUT2D eigenvalue weighted by Gasteiger charge is 2.23. The molecule has 0 unspecified atom stereocenters. The number of benzene rings is 1. The van der Waals surface area contributed by atoms with Gasteiger partial charge in [0.05, 0.1) is 17.3 Å². The topological polar surface area (TPSA) is 60.7 Å². The molecule has 24 heavy (non-hydrogen) atoms. The average Bonchev–Trinajstić information content (AvgIpc) is 3.17. The predicted octanol–water partition coefficient (Wildman–Crippen LogP) is 3.11. The molecule has 1 aliphatic carbocycles. The lowest BCUT2D eigenvalue weighted by Gasteiger charge is -2.06.